The number of carbonyl (C=O) groups excluding carboxylic acids is 2. The van der Waals surface area contributed by atoms with Crippen molar-refractivity contribution >= 4 is 40.6 Å². The number of amides is 2. The summed E-state index contributed by atoms with van der Waals surface area (Å²) in [4.78, 5) is 23.1. The third-order valence-corrected chi connectivity index (χ3v) is 4.73. The quantitative estimate of drug-likeness (QED) is 0.763. The van der Waals surface area contributed by atoms with Crippen LogP contribution in [-0.4, -0.2) is 18.3 Å². The Bertz CT molecular complexity index is 896. The van der Waals surface area contributed by atoms with E-state index in [1.165, 1.54) is 19.2 Å². The van der Waals surface area contributed by atoms with Gasteiger partial charge in [-0.15, -0.1) is 0 Å². The molecule has 0 radical (unpaired) electrons. The first-order valence-corrected chi connectivity index (χ1v) is 8.66. The molecular weight excluding hydrogens is 381 g/mol. The van der Waals surface area contributed by atoms with Crippen LogP contribution in [0.25, 0.3) is 6.08 Å². The summed E-state index contributed by atoms with van der Waals surface area (Å²) >= 11 is 6.82. The summed E-state index contributed by atoms with van der Waals surface area (Å²) in [7, 11) is 1.47. The van der Waals surface area contributed by atoms with Crippen molar-refractivity contribution in [2.75, 3.05) is 7.11 Å². The van der Waals surface area contributed by atoms with Gasteiger partial charge in [0.1, 0.15) is 12.4 Å². The molecule has 0 spiro atoms. The minimum atomic E-state index is -0.452. The van der Waals surface area contributed by atoms with E-state index < -0.39 is 17.0 Å². The number of hydrogen-bond acceptors (Lipinski definition) is 5. The minimum Gasteiger partial charge on any atom is -0.493 e. The lowest BCUT2D eigenvalue weighted by Crippen LogP contribution is -2.17. The second-order valence-corrected chi connectivity index (χ2v) is 6.67. The Kier molecular flexibility index (Phi) is 5.49. The SMILES string of the molecule is COc1cc(/C=C2\SC(=O)NC2=O)ccc1OCc1c(F)cccc1Cl. The van der Waals surface area contributed by atoms with Crippen molar-refractivity contribution in [3.8, 4) is 11.5 Å². The first-order chi connectivity index (χ1) is 12.5. The van der Waals surface area contributed by atoms with Crippen molar-refractivity contribution in [2.45, 2.75) is 6.61 Å². The molecule has 1 aliphatic rings. The lowest BCUT2D eigenvalue weighted by molar-refractivity contribution is -0.115. The molecule has 1 N–H and O–H groups in total. The van der Waals surface area contributed by atoms with Gasteiger partial charge in [-0.25, -0.2) is 4.39 Å². The van der Waals surface area contributed by atoms with Crippen molar-refractivity contribution in [3.63, 3.8) is 0 Å². The third kappa shape index (κ3) is 4.00. The lowest BCUT2D eigenvalue weighted by atomic mass is 10.2. The third-order valence-electron chi connectivity index (χ3n) is 3.56. The number of rotatable bonds is 5. The fourth-order valence-corrected chi connectivity index (χ4v) is 3.19. The van der Waals surface area contributed by atoms with E-state index in [0.717, 1.165) is 11.8 Å². The molecule has 1 aliphatic heterocycles. The summed E-state index contributed by atoms with van der Waals surface area (Å²) in [6.07, 6.45) is 1.57. The molecule has 26 heavy (non-hydrogen) atoms. The molecule has 2 aromatic rings. The molecule has 0 aromatic heterocycles. The van der Waals surface area contributed by atoms with Gasteiger partial charge in [0.05, 0.1) is 17.0 Å². The Balaban J connectivity index is 1.80. The van der Waals surface area contributed by atoms with E-state index >= 15 is 0 Å². The van der Waals surface area contributed by atoms with Crippen molar-refractivity contribution in [2.24, 2.45) is 0 Å². The number of thioether (sulfide) groups is 1. The van der Waals surface area contributed by atoms with Crippen molar-refractivity contribution in [3.05, 3.63) is 63.3 Å². The number of hydrogen-bond donors (Lipinski definition) is 1. The van der Waals surface area contributed by atoms with E-state index in [0.29, 0.717) is 22.0 Å². The molecule has 1 saturated heterocycles. The molecule has 0 aliphatic carbocycles. The van der Waals surface area contributed by atoms with E-state index in [-0.39, 0.29) is 17.2 Å². The lowest BCUT2D eigenvalue weighted by Gasteiger charge is -2.12. The monoisotopic (exact) mass is 393 g/mol. The number of methoxy groups -OCH3 is 1. The maximum atomic E-state index is 13.8. The zero-order valence-corrected chi connectivity index (χ0v) is 15.1. The second-order valence-electron chi connectivity index (χ2n) is 5.25. The topological polar surface area (TPSA) is 64.6 Å². The molecule has 8 heteroatoms. The van der Waals surface area contributed by atoms with Crippen LogP contribution in [0.1, 0.15) is 11.1 Å². The molecule has 134 valence electrons. The Labute approximate surface area is 158 Å². The zero-order chi connectivity index (χ0) is 18.7. The van der Waals surface area contributed by atoms with Crippen molar-refractivity contribution in [1.82, 2.24) is 5.32 Å². The molecule has 0 unspecified atom stereocenters. The first-order valence-electron chi connectivity index (χ1n) is 7.46. The average Bonchev–Trinajstić information content (AvgIpc) is 2.92. The molecule has 1 fully saturated rings. The normalized spacial score (nSPS) is 15.3. The molecule has 3 rings (SSSR count). The number of halogens is 2. The van der Waals surface area contributed by atoms with Crippen LogP contribution in [0, 0.1) is 5.82 Å². The Morgan fingerprint density at radius 3 is 2.69 bits per heavy atom. The van der Waals surface area contributed by atoms with E-state index in [9.17, 15) is 14.0 Å². The van der Waals surface area contributed by atoms with E-state index in [1.54, 1.807) is 30.3 Å². The number of carbonyl (C=O) groups is 2. The molecule has 0 atom stereocenters. The summed E-state index contributed by atoms with van der Waals surface area (Å²) < 4.78 is 24.7. The van der Waals surface area contributed by atoms with E-state index in [4.69, 9.17) is 21.1 Å². The number of ether oxygens (including phenoxy) is 2. The second kappa shape index (κ2) is 7.80. The fourth-order valence-electron chi connectivity index (χ4n) is 2.29. The zero-order valence-electron chi connectivity index (χ0n) is 13.5. The van der Waals surface area contributed by atoms with Crippen LogP contribution in [0.15, 0.2) is 41.3 Å². The highest BCUT2D eigenvalue weighted by molar-refractivity contribution is 8.18. The highest BCUT2D eigenvalue weighted by Gasteiger charge is 2.25. The number of imide groups is 1. The van der Waals surface area contributed by atoms with Gasteiger partial charge in [0.25, 0.3) is 11.1 Å². The fraction of sp³-hybridized carbons (Fsp3) is 0.111. The Morgan fingerprint density at radius 1 is 1.23 bits per heavy atom. The van der Waals surface area contributed by atoms with Gasteiger partial charge in [0.2, 0.25) is 0 Å². The molecule has 5 nitrogen and oxygen atoms in total. The highest BCUT2D eigenvalue weighted by atomic mass is 35.5. The summed E-state index contributed by atoms with van der Waals surface area (Å²) in [6.45, 7) is -0.0605. The van der Waals surface area contributed by atoms with Gasteiger partial charge in [0.15, 0.2) is 11.5 Å². The van der Waals surface area contributed by atoms with Gasteiger partial charge in [-0.1, -0.05) is 23.7 Å². The molecule has 0 saturated carbocycles. The summed E-state index contributed by atoms with van der Waals surface area (Å²) in [6, 6.07) is 9.40. The van der Waals surface area contributed by atoms with Gasteiger partial charge in [-0.2, -0.15) is 0 Å². The van der Waals surface area contributed by atoms with Crippen LogP contribution in [0.3, 0.4) is 0 Å². The van der Waals surface area contributed by atoms with Crippen LogP contribution in [-0.2, 0) is 11.4 Å². The number of nitrogens with one attached hydrogen (secondary N) is 1. The van der Waals surface area contributed by atoms with Crippen LogP contribution in [0.4, 0.5) is 9.18 Å². The van der Waals surface area contributed by atoms with Gasteiger partial charge < -0.3 is 9.47 Å². The van der Waals surface area contributed by atoms with Gasteiger partial charge in [-0.05, 0) is 47.7 Å². The predicted molar refractivity (Wildman–Crippen MR) is 97.8 cm³/mol. The van der Waals surface area contributed by atoms with Crippen LogP contribution in [0.5, 0.6) is 11.5 Å². The molecule has 1 heterocycles. The summed E-state index contributed by atoms with van der Waals surface area (Å²) in [5, 5.41) is 2.06. The Morgan fingerprint density at radius 2 is 2.04 bits per heavy atom. The summed E-state index contributed by atoms with van der Waals surface area (Å²) in [5.41, 5.74) is 0.908. The summed E-state index contributed by atoms with van der Waals surface area (Å²) in [5.74, 6) is -0.0876. The molecule has 0 bridgehead atoms. The van der Waals surface area contributed by atoms with Crippen molar-refractivity contribution in [1.29, 1.82) is 0 Å². The Hall–Kier alpha value is -2.51. The van der Waals surface area contributed by atoms with Crippen LogP contribution in [0.2, 0.25) is 5.02 Å². The minimum absolute atomic E-state index is 0.0605. The van der Waals surface area contributed by atoms with Gasteiger partial charge in [-0.3, -0.25) is 14.9 Å². The highest BCUT2D eigenvalue weighted by Crippen LogP contribution is 2.32. The number of benzene rings is 2. The molecular formula is C18H13ClFNO4S. The van der Waals surface area contributed by atoms with Crippen LogP contribution < -0.4 is 14.8 Å². The molecule has 2 aromatic carbocycles. The maximum Gasteiger partial charge on any atom is 0.290 e. The van der Waals surface area contributed by atoms with Crippen LogP contribution >= 0.6 is 23.4 Å². The predicted octanol–water partition coefficient (Wildman–Crippen LogP) is 4.39. The smallest absolute Gasteiger partial charge is 0.290 e. The van der Waals surface area contributed by atoms with Crippen molar-refractivity contribution < 1.29 is 23.5 Å². The van der Waals surface area contributed by atoms with E-state index in [1.807, 2.05) is 0 Å². The first kappa shape index (κ1) is 18.3. The van der Waals surface area contributed by atoms with Gasteiger partial charge in [0, 0.05) is 5.56 Å². The molecule has 2 amide bonds. The largest absolute Gasteiger partial charge is 0.493 e. The van der Waals surface area contributed by atoms with Gasteiger partial charge >= 0.3 is 0 Å². The average molecular weight is 394 g/mol. The van der Waals surface area contributed by atoms with E-state index in [2.05, 4.69) is 5.32 Å². The maximum absolute atomic E-state index is 13.8. The standard InChI is InChI=1S/C18H13ClFNO4S/c1-24-15-7-10(8-16-17(22)21-18(23)26-16)5-6-14(15)25-9-11-12(19)3-2-4-13(11)20/h2-8H,9H2,1H3,(H,21,22,23)/b16-8-.